The number of anilines is 1. The second-order valence-electron chi connectivity index (χ2n) is 12.4. The van der Waals surface area contributed by atoms with Gasteiger partial charge in [0.2, 0.25) is 5.91 Å². The van der Waals surface area contributed by atoms with E-state index in [4.69, 9.17) is 0 Å². The zero-order chi connectivity index (χ0) is 31.1. The van der Waals surface area contributed by atoms with Crippen molar-refractivity contribution in [1.82, 2.24) is 14.8 Å². The number of aromatic nitrogens is 1. The van der Waals surface area contributed by atoms with Gasteiger partial charge < -0.3 is 20.1 Å². The lowest BCUT2D eigenvalue weighted by molar-refractivity contribution is -0.132. The van der Waals surface area contributed by atoms with Gasteiger partial charge in [0.15, 0.2) is 0 Å². The molecule has 0 saturated heterocycles. The number of rotatable bonds is 12. The van der Waals surface area contributed by atoms with Crippen LogP contribution in [0.15, 0.2) is 72.9 Å². The molecule has 6 nitrogen and oxygen atoms in total. The van der Waals surface area contributed by atoms with E-state index in [-0.39, 0.29) is 42.1 Å². The Hall–Kier alpha value is -4.13. The van der Waals surface area contributed by atoms with Crippen molar-refractivity contribution in [3.63, 3.8) is 0 Å². The number of aromatic amines is 1. The highest BCUT2D eigenvalue weighted by atomic mass is 19.1. The molecule has 0 fully saturated rings. The third-order valence-electron chi connectivity index (χ3n) is 7.77. The van der Waals surface area contributed by atoms with Crippen LogP contribution in [0.3, 0.4) is 0 Å². The Balaban J connectivity index is 1.58. The van der Waals surface area contributed by atoms with Crippen molar-refractivity contribution < 1.29 is 14.0 Å². The number of fused-ring (bicyclic) bond motifs is 1. The van der Waals surface area contributed by atoms with Gasteiger partial charge in [0, 0.05) is 42.4 Å². The Labute approximate surface area is 255 Å². The highest BCUT2D eigenvalue weighted by molar-refractivity contribution is 5.94. The van der Waals surface area contributed by atoms with Crippen LogP contribution in [0, 0.1) is 11.7 Å². The predicted octanol–water partition coefficient (Wildman–Crippen LogP) is 8.32. The largest absolute Gasteiger partial charge is 0.361 e. The van der Waals surface area contributed by atoms with Crippen molar-refractivity contribution in [3.05, 3.63) is 101 Å². The molecule has 0 atom stereocenters. The van der Waals surface area contributed by atoms with Crippen LogP contribution >= 0.6 is 0 Å². The van der Waals surface area contributed by atoms with E-state index in [0.717, 1.165) is 38.8 Å². The van der Waals surface area contributed by atoms with Gasteiger partial charge in [0.05, 0.1) is 0 Å². The zero-order valence-electron chi connectivity index (χ0n) is 26.3. The van der Waals surface area contributed by atoms with Crippen LogP contribution in [-0.4, -0.2) is 46.4 Å². The van der Waals surface area contributed by atoms with Gasteiger partial charge in [-0.2, -0.15) is 0 Å². The molecular formula is C36H45FN4O2. The number of H-pyrrole nitrogens is 1. The van der Waals surface area contributed by atoms with E-state index in [0.29, 0.717) is 26.1 Å². The Morgan fingerprint density at radius 2 is 1.49 bits per heavy atom. The Morgan fingerprint density at radius 3 is 2.12 bits per heavy atom. The van der Waals surface area contributed by atoms with E-state index in [2.05, 4.69) is 56.2 Å². The summed E-state index contributed by atoms with van der Waals surface area (Å²) in [4.78, 5) is 34.5. The van der Waals surface area contributed by atoms with Crippen molar-refractivity contribution >= 4 is 28.5 Å². The van der Waals surface area contributed by atoms with E-state index >= 15 is 0 Å². The second-order valence-corrected chi connectivity index (χ2v) is 12.4. The van der Waals surface area contributed by atoms with Gasteiger partial charge in [0.25, 0.3) is 0 Å². The molecule has 0 aliphatic carbocycles. The summed E-state index contributed by atoms with van der Waals surface area (Å²) >= 11 is 0. The third kappa shape index (κ3) is 8.25. The number of carbonyl (C=O) groups excluding carboxylic acids is 2. The second kappa shape index (κ2) is 14.4. The molecule has 0 spiro atoms. The molecule has 1 aromatic heterocycles. The minimum atomic E-state index is -0.317. The molecule has 0 unspecified atom stereocenters. The molecule has 4 rings (SSSR count). The van der Waals surface area contributed by atoms with E-state index in [1.54, 1.807) is 21.9 Å². The summed E-state index contributed by atoms with van der Waals surface area (Å²) in [6.07, 6.45) is 2.63. The van der Waals surface area contributed by atoms with Crippen molar-refractivity contribution in [2.75, 3.05) is 25.0 Å². The van der Waals surface area contributed by atoms with Gasteiger partial charge in [-0.15, -0.1) is 0 Å². The standard InChI is InChI=1S/C36H45FN4O2/c1-24(2)21-41(36(43)39-35-30(25(3)4)11-9-12-31(35)26(5)6)23-34(42)40(22-27-14-16-29(37)17-15-27)19-18-28-20-38-33-13-8-7-10-32(28)33/h7-17,20,24-26,38H,18-19,21-23H2,1-6H3,(H,39,43). The molecule has 43 heavy (non-hydrogen) atoms. The summed E-state index contributed by atoms with van der Waals surface area (Å²) in [5.74, 6) is 0.152. The average Bonchev–Trinajstić information content (AvgIpc) is 3.38. The first kappa shape index (κ1) is 31.8. The maximum Gasteiger partial charge on any atom is 0.322 e. The molecule has 3 aromatic carbocycles. The van der Waals surface area contributed by atoms with Gasteiger partial charge in [-0.05, 0) is 64.6 Å². The van der Waals surface area contributed by atoms with E-state index in [9.17, 15) is 14.0 Å². The fraction of sp³-hybridized carbons (Fsp3) is 0.389. The molecule has 0 bridgehead atoms. The van der Waals surface area contributed by atoms with Crippen molar-refractivity contribution in [2.45, 2.75) is 66.3 Å². The molecular weight excluding hydrogens is 539 g/mol. The quantitative estimate of drug-likeness (QED) is 0.176. The topological polar surface area (TPSA) is 68.4 Å². The molecule has 3 amide bonds. The van der Waals surface area contributed by atoms with E-state index < -0.39 is 0 Å². The predicted molar refractivity (Wildman–Crippen MR) is 174 cm³/mol. The van der Waals surface area contributed by atoms with Crippen molar-refractivity contribution in [1.29, 1.82) is 0 Å². The van der Waals surface area contributed by atoms with Crippen LogP contribution in [0.5, 0.6) is 0 Å². The Morgan fingerprint density at radius 1 is 0.837 bits per heavy atom. The van der Waals surface area contributed by atoms with Gasteiger partial charge >= 0.3 is 6.03 Å². The summed E-state index contributed by atoms with van der Waals surface area (Å²) in [6.45, 7) is 13.7. The number of para-hydroxylation sites is 2. The van der Waals surface area contributed by atoms with Crippen LogP contribution in [0.1, 0.15) is 75.6 Å². The molecule has 0 radical (unpaired) electrons. The first-order valence-corrected chi connectivity index (χ1v) is 15.3. The normalized spacial score (nSPS) is 11.5. The lowest BCUT2D eigenvalue weighted by Crippen LogP contribution is -2.46. The SMILES string of the molecule is CC(C)CN(CC(=O)N(CCc1c[nH]c2ccccc12)Cc1ccc(F)cc1)C(=O)Nc1c(C(C)C)cccc1C(C)C. The van der Waals surface area contributed by atoms with Crippen LogP contribution in [0.25, 0.3) is 10.9 Å². The molecule has 1 heterocycles. The van der Waals surface area contributed by atoms with Gasteiger partial charge in [0.1, 0.15) is 12.4 Å². The average molecular weight is 585 g/mol. The van der Waals surface area contributed by atoms with Crippen LogP contribution in [0.2, 0.25) is 0 Å². The lowest BCUT2D eigenvalue weighted by atomic mass is 9.93. The number of halogens is 1. The van der Waals surface area contributed by atoms with Gasteiger partial charge in [-0.1, -0.05) is 90.1 Å². The summed E-state index contributed by atoms with van der Waals surface area (Å²) in [5.41, 5.74) is 5.99. The fourth-order valence-electron chi connectivity index (χ4n) is 5.50. The lowest BCUT2D eigenvalue weighted by Gasteiger charge is -2.30. The molecule has 228 valence electrons. The maximum absolute atomic E-state index is 14.0. The molecule has 4 aromatic rings. The number of nitrogens with zero attached hydrogens (tertiary/aromatic N) is 2. The third-order valence-corrected chi connectivity index (χ3v) is 7.77. The smallest absolute Gasteiger partial charge is 0.322 e. The molecule has 0 aliphatic rings. The number of amides is 3. The zero-order valence-corrected chi connectivity index (χ0v) is 26.3. The fourth-order valence-corrected chi connectivity index (χ4v) is 5.50. The highest BCUT2D eigenvalue weighted by Gasteiger charge is 2.25. The molecule has 2 N–H and O–H groups in total. The number of benzene rings is 3. The molecule has 0 aliphatic heterocycles. The van der Waals surface area contributed by atoms with Crippen LogP contribution in [-0.2, 0) is 17.8 Å². The summed E-state index contributed by atoms with van der Waals surface area (Å²) in [6, 6.07) is 20.2. The maximum atomic E-state index is 14.0. The summed E-state index contributed by atoms with van der Waals surface area (Å²) in [7, 11) is 0. The highest BCUT2D eigenvalue weighted by Crippen LogP contribution is 2.32. The van der Waals surface area contributed by atoms with Crippen molar-refractivity contribution in [3.8, 4) is 0 Å². The molecule has 7 heteroatoms. The first-order valence-electron chi connectivity index (χ1n) is 15.3. The Kier molecular flexibility index (Phi) is 10.6. The number of hydrogen-bond donors (Lipinski definition) is 2. The van der Waals surface area contributed by atoms with E-state index in [1.807, 2.05) is 44.3 Å². The summed E-state index contributed by atoms with van der Waals surface area (Å²) in [5, 5.41) is 4.32. The van der Waals surface area contributed by atoms with Crippen molar-refractivity contribution in [2.24, 2.45) is 5.92 Å². The van der Waals surface area contributed by atoms with Crippen LogP contribution < -0.4 is 5.32 Å². The summed E-state index contributed by atoms with van der Waals surface area (Å²) < 4.78 is 13.6. The van der Waals surface area contributed by atoms with Gasteiger partial charge in [-0.25, -0.2) is 9.18 Å². The van der Waals surface area contributed by atoms with Crippen LogP contribution in [0.4, 0.5) is 14.9 Å². The monoisotopic (exact) mass is 584 g/mol. The number of hydrogen-bond acceptors (Lipinski definition) is 2. The number of urea groups is 1. The number of nitrogens with one attached hydrogen (secondary N) is 2. The minimum Gasteiger partial charge on any atom is -0.361 e. The Bertz CT molecular complexity index is 1500. The molecule has 0 saturated carbocycles. The number of carbonyl (C=O) groups is 2. The minimum absolute atomic E-state index is 0.0556. The van der Waals surface area contributed by atoms with Gasteiger partial charge in [-0.3, -0.25) is 4.79 Å². The van der Waals surface area contributed by atoms with E-state index in [1.165, 1.54) is 12.1 Å². The first-order chi connectivity index (χ1) is 20.5.